The molecule has 0 N–H and O–H groups in total. The van der Waals surface area contributed by atoms with E-state index in [2.05, 4.69) is 0 Å². The van der Waals surface area contributed by atoms with Crippen LogP contribution in [-0.2, 0) is 24.5 Å². The van der Waals surface area contributed by atoms with Gasteiger partial charge in [-0.3, -0.25) is 9.36 Å². The number of ether oxygens (including phenoxy) is 1. The first-order valence-electron chi connectivity index (χ1n) is 9.58. The van der Waals surface area contributed by atoms with Crippen molar-refractivity contribution in [3.05, 3.63) is 76.7 Å². The van der Waals surface area contributed by atoms with Crippen LogP contribution in [0.15, 0.2) is 54.6 Å². The van der Waals surface area contributed by atoms with Crippen LogP contribution >= 0.6 is 11.6 Å². The second-order valence-electron chi connectivity index (χ2n) is 6.99. The Balaban J connectivity index is 1.66. The van der Waals surface area contributed by atoms with E-state index >= 15 is 0 Å². The van der Waals surface area contributed by atoms with Gasteiger partial charge in [0.15, 0.2) is 11.5 Å². The average molecular weight is 411 g/mol. The van der Waals surface area contributed by atoms with Gasteiger partial charge in [0, 0.05) is 24.2 Å². The Labute approximate surface area is 175 Å². The number of rotatable bonds is 6. The quantitative estimate of drug-likeness (QED) is 0.602. The van der Waals surface area contributed by atoms with Crippen molar-refractivity contribution >= 4 is 29.0 Å². The number of aryl methyl sites for hydroxylation is 1. The zero-order chi connectivity index (χ0) is 20.4. The Morgan fingerprint density at radius 3 is 2.52 bits per heavy atom. The SMILES string of the molecule is CCc1nc2c(n1COCc1ccccc1)C(=O)N(C)CN2c1ccc(Cl)cc1. The molecule has 0 unspecified atom stereocenters. The van der Waals surface area contributed by atoms with Crippen molar-refractivity contribution in [3.63, 3.8) is 0 Å². The molecule has 1 aliphatic heterocycles. The van der Waals surface area contributed by atoms with E-state index in [0.717, 1.165) is 17.1 Å². The molecule has 0 fully saturated rings. The Bertz CT molecular complexity index is 1000. The summed E-state index contributed by atoms with van der Waals surface area (Å²) in [5.41, 5.74) is 2.58. The summed E-state index contributed by atoms with van der Waals surface area (Å²) in [6.07, 6.45) is 0.702. The van der Waals surface area contributed by atoms with E-state index in [1.165, 1.54) is 0 Å². The van der Waals surface area contributed by atoms with Gasteiger partial charge in [-0.1, -0.05) is 48.9 Å². The molecular weight excluding hydrogens is 388 g/mol. The smallest absolute Gasteiger partial charge is 0.275 e. The van der Waals surface area contributed by atoms with Crippen LogP contribution in [0, 0.1) is 0 Å². The third kappa shape index (κ3) is 3.86. The standard InChI is InChI=1S/C22H23ClN4O2/c1-3-19-24-21-20(27(19)15-29-13-16-7-5-4-6-8-16)22(28)25(2)14-26(21)18-11-9-17(23)10-12-18/h4-12H,3,13-15H2,1-2H3. The molecule has 7 heteroatoms. The van der Waals surface area contributed by atoms with Crippen molar-refractivity contribution in [3.8, 4) is 0 Å². The molecule has 3 aromatic rings. The maximum Gasteiger partial charge on any atom is 0.275 e. The molecule has 1 aromatic heterocycles. The minimum atomic E-state index is -0.0549. The molecule has 6 nitrogen and oxygen atoms in total. The summed E-state index contributed by atoms with van der Waals surface area (Å²) in [4.78, 5) is 21.5. The molecule has 2 aromatic carbocycles. The third-order valence-corrected chi connectivity index (χ3v) is 5.23. The molecule has 150 valence electrons. The highest BCUT2D eigenvalue weighted by molar-refractivity contribution is 6.30. The third-order valence-electron chi connectivity index (χ3n) is 4.97. The molecule has 0 spiro atoms. The van der Waals surface area contributed by atoms with E-state index < -0.39 is 0 Å². The van der Waals surface area contributed by atoms with Gasteiger partial charge >= 0.3 is 0 Å². The molecular formula is C22H23ClN4O2. The molecule has 2 heterocycles. The number of fused-ring (bicyclic) bond motifs is 1. The first kappa shape index (κ1) is 19.5. The zero-order valence-corrected chi connectivity index (χ0v) is 17.3. The van der Waals surface area contributed by atoms with Gasteiger partial charge in [-0.15, -0.1) is 0 Å². The van der Waals surface area contributed by atoms with E-state index in [-0.39, 0.29) is 12.6 Å². The van der Waals surface area contributed by atoms with Crippen LogP contribution in [0.2, 0.25) is 5.02 Å². The van der Waals surface area contributed by atoms with Crippen molar-refractivity contribution in [2.24, 2.45) is 0 Å². The van der Waals surface area contributed by atoms with Gasteiger partial charge in [0.25, 0.3) is 5.91 Å². The lowest BCUT2D eigenvalue weighted by Gasteiger charge is -2.33. The number of halogens is 1. The van der Waals surface area contributed by atoms with Crippen LogP contribution < -0.4 is 4.90 Å². The highest BCUT2D eigenvalue weighted by Gasteiger charge is 2.34. The summed E-state index contributed by atoms with van der Waals surface area (Å²) in [6.45, 7) is 3.21. The van der Waals surface area contributed by atoms with Crippen LogP contribution in [0.3, 0.4) is 0 Å². The number of anilines is 2. The molecule has 0 atom stereocenters. The number of hydrogen-bond donors (Lipinski definition) is 0. The van der Waals surface area contributed by atoms with Gasteiger partial charge in [0.05, 0.1) is 13.3 Å². The normalized spacial score (nSPS) is 13.7. The summed E-state index contributed by atoms with van der Waals surface area (Å²) in [5, 5.41) is 0.671. The van der Waals surface area contributed by atoms with Gasteiger partial charge in [-0.25, -0.2) is 4.98 Å². The number of amides is 1. The Hall–Kier alpha value is -2.83. The van der Waals surface area contributed by atoms with Crippen LogP contribution in [-0.4, -0.2) is 34.1 Å². The van der Waals surface area contributed by atoms with Gasteiger partial charge < -0.3 is 14.5 Å². The van der Waals surface area contributed by atoms with Crippen molar-refractivity contribution < 1.29 is 9.53 Å². The van der Waals surface area contributed by atoms with Crippen molar-refractivity contribution in [1.29, 1.82) is 0 Å². The number of benzene rings is 2. The van der Waals surface area contributed by atoms with Crippen molar-refractivity contribution in [2.45, 2.75) is 26.7 Å². The molecule has 0 saturated carbocycles. The predicted octanol–water partition coefficient (Wildman–Crippen LogP) is 4.45. The van der Waals surface area contributed by atoms with E-state index in [1.54, 1.807) is 11.9 Å². The summed E-state index contributed by atoms with van der Waals surface area (Å²) in [6, 6.07) is 17.5. The second-order valence-corrected chi connectivity index (χ2v) is 7.43. The first-order chi connectivity index (χ1) is 14.1. The van der Waals surface area contributed by atoms with Gasteiger partial charge in [0.1, 0.15) is 12.6 Å². The molecule has 29 heavy (non-hydrogen) atoms. The second kappa shape index (κ2) is 8.27. The van der Waals surface area contributed by atoms with E-state index in [1.807, 2.05) is 71.0 Å². The maximum atomic E-state index is 13.0. The maximum absolute atomic E-state index is 13.0. The Kier molecular flexibility index (Phi) is 5.56. The van der Waals surface area contributed by atoms with Crippen LogP contribution in [0.4, 0.5) is 11.5 Å². The highest BCUT2D eigenvalue weighted by atomic mass is 35.5. The highest BCUT2D eigenvalue weighted by Crippen LogP contribution is 2.34. The zero-order valence-electron chi connectivity index (χ0n) is 16.5. The van der Waals surface area contributed by atoms with Gasteiger partial charge in [-0.2, -0.15) is 0 Å². The fourth-order valence-corrected chi connectivity index (χ4v) is 3.60. The molecule has 0 radical (unpaired) electrons. The van der Waals surface area contributed by atoms with Crippen LogP contribution in [0.5, 0.6) is 0 Å². The molecule has 0 saturated heterocycles. The lowest BCUT2D eigenvalue weighted by molar-refractivity contribution is 0.0555. The van der Waals surface area contributed by atoms with Crippen LogP contribution in [0.25, 0.3) is 0 Å². The van der Waals surface area contributed by atoms with Gasteiger partial charge in [-0.05, 0) is 29.8 Å². The number of imidazole rings is 1. The molecule has 4 rings (SSSR count). The minimum Gasteiger partial charge on any atom is -0.356 e. The first-order valence-corrected chi connectivity index (χ1v) is 9.96. The molecule has 0 bridgehead atoms. The summed E-state index contributed by atoms with van der Waals surface area (Å²) < 4.78 is 7.82. The fourth-order valence-electron chi connectivity index (χ4n) is 3.47. The van der Waals surface area contributed by atoms with E-state index in [4.69, 9.17) is 21.3 Å². The largest absolute Gasteiger partial charge is 0.356 e. The monoisotopic (exact) mass is 410 g/mol. The average Bonchev–Trinajstić information content (AvgIpc) is 3.11. The predicted molar refractivity (Wildman–Crippen MR) is 113 cm³/mol. The van der Waals surface area contributed by atoms with E-state index in [0.29, 0.717) is 36.2 Å². The number of carbonyl (C=O) groups is 1. The number of aromatic nitrogens is 2. The number of carbonyl (C=O) groups excluding carboxylic acids is 1. The number of nitrogens with zero attached hydrogens (tertiary/aromatic N) is 4. The van der Waals surface area contributed by atoms with Crippen LogP contribution in [0.1, 0.15) is 28.8 Å². The molecule has 0 aliphatic carbocycles. The summed E-state index contributed by atoms with van der Waals surface area (Å²) in [7, 11) is 1.79. The summed E-state index contributed by atoms with van der Waals surface area (Å²) in [5.74, 6) is 1.43. The van der Waals surface area contributed by atoms with Crippen molar-refractivity contribution in [1.82, 2.24) is 14.5 Å². The summed E-state index contributed by atoms with van der Waals surface area (Å²) >= 11 is 6.04. The molecule has 1 aliphatic rings. The fraction of sp³-hybridized carbons (Fsp3) is 0.273. The Morgan fingerprint density at radius 2 is 1.83 bits per heavy atom. The minimum absolute atomic E-state index is 0.0549. The Morgan fingerprint density at radius 1 is 1.10 bits per heavy atom. The number of hydrogen-bond acceptors (Lipinski definition) is 4. The van der Waals surface area contributed by atoms with Crippen molar-refractivity contribution in [2.75, 3.05) is 18.6 Å². The van der Waals surface area contributed by atoms with Gasteiger partial charge in [0.2, 0.25) is 0 Å². The molecule has 1 amide bonds. The lowest BCUT2D eigenvalue weighted by Crippen LogP contribution is -2.43. The lowest BCUT2D eigenvalue weighted by atomic mass is 10.2. The topological polar surface area (TPSA) is 50.6 Å². The van der Waals surface area contributed by atoms with E-state index in [9.17, 15) is 4.79 Å².